The molecule has 0 saturated heterocycles. The summed E-state index contributed by atoms with van der Waals surface area (Å²) in [5.74, 6) is -0.127. The molecular weight excluding hydrogens is 406 g/mol. The molecule has 0 aromatic heterocycles. The second-order valence-corrected chi connectivity index (χ2v) is 7.37. The molecular formula is C21H25N3O7. The molecule has 0 unspecified atom stereocenters. The first-order valence-electron chi connectivity index (χ1n) is 9.44. The molecule has 2 rings (SSSR count). The fourth-order valence-electron chi connectivity index (χ4n) is 2.58. The average molecular weight is 431 g/mol. The Balaban J connectivity index is 2.24. The van der Waals surface area contributed by atoms with E-state index in [4.69, 9.17) is 14.2 Å². The molecule has 2 aromatic carbocycles. The van der Waals surface area contributed by atoms with E-state index in [2.05, 4.69) is 10.6 Å². The van der Waals surface area contributed by atoms with E-state index in [-0.39, 0.29) is 29.3 Å². The minimum absolute atomic E-state index is 0.0765. The van der Waals surface area contributed by atoms with Gasteiger partial charge in [-0.05, 0) is 58.0 Å². The summed E-state index contributed by atoms with van der Waals surface area (Å²) in [6, 6.07) is 8.56. The summed E-state index contributed by atoms with van der Waals surface area (Å²) in [4.78, 5) is 35.4. The molecule has 0 radical (unpaired) electrons. The molecule has 0 saturated carbocycles. The van der Waals surface area contributed by atoms with E-state index in [1.165, 1.54) is 25.3 Å². The normalized spacial score (nSPS) is 10.7. The molecule has 0 bridgehead atoms. The van der Waals surface area contributed by atoms with Gasteiger partial charge in [-0.3, -0.25) is 20.2 Å². The van der Waals surface area contributed by atoms with Crippen LogP contribution in [0, 0.1) is 10.1 Å². The maximum atomic E-state index is 12.6. The molecule has 31 heavy (non-hydrogen) atoms. The maximum absolute atomic E-state index is 12.6. The Morgan fingerprint density at radius 1 is 1.06 bits per heavy atom. The number of ether oxygens (including phenoxy) is 3. The van der Waals surface area contributed by atoms with Gasteiger partial charge in [0.25, 0.3) is 5.91 Å². The zero-order chi connectivity index (χ0) is 23.2. The lowest BCUT2D eigenvalue weighted by Crippen LogP contribution is -2.27. The third-order valence-electron chi connectivity index (χ3n) is 3.81. The minimum Gasteiger partial charge on any atom is -0.495 e. The number of carbonyl (C=O) groups excluding carboxylic acids is 2. The van der Waals surface area contributed by atoms with Crippen molar-refractivity contribution in [2.45, 2.75) is 33.3 Å². The van der Waals surface area contributed by atoms with Crippen LogP contribution in [0.4, 0.5) is 21.9 Å². The van der Waals surface area contributed by atoms with Crippen LogP contribution in [0.3, 0.4) is 0 Å². The summed E-state index contributed by atoms with van der Waals surface area (Å²) < 4.78 is 15.7. The Labute approximate surface area is 179 Å². The van der Waals surface area contributed by atoms with Gasteiger partial charge < -0.3 is 19.5 Å². The highest BCUT2D eigenvalue weighted by Crippen LogP contribution is 2.30. The van der Waals surface area contributed by atoms with Crippen LogP contribution in [0.15, 0.2) is 36.4 Å². The van der Waals surface area contributed by atoms with Crippen LogP contribution in [0.25, 0.3) is 0 Å². The molecule has 0 spiro atoms. The second kappa shape index (κ2) is 9.79. The van der Waals surface area contributed by atoms with E-state index in [1.807, 2.05) is 0 Å². The average Bonchev–Trinajstić information content (AvgIpc) is 2.67. The number of carbonyl (C=O) groups is 2. The fraction of sp³-hybridized carbons (Fsp3) is 0.333. The molecule has 0 fully saturated rings. The summed E-state index contributed by atoms with van der Waals surface area (Å²) in [6.07, 6.45) is -0.684. The van der Waals surface area contributed by atoms with Gasteiger partial charge in [0.2, 0.25) is 0 Å². The Bertz CT molecular complexity index is 983. The Morgan fingerprint density at radius 2 is 1.74 bits per heavy atom. The monoisotopic (exact) mass is 431 g/mol. The molecule has 2 N–H and O–H groups in total. The topological polar surface area (TPSA) is 129 Å². The van der Waals surface area contributed by atoms with Gasteiger partial charge in [0.15, 0.2) is 5.75 Å². The Morgan fingerprint density at radius 3 is 2.32 bits per heavy atom. The predicted molar refractivity (Wildman–Crippen MR) is 115 cm³/mol. The minimum atomic E-state index is -0.689. The molecule has 10 heteroatoms. The standard InChI is InChI=1S/C21H25N3O7/c1-6-30-18-9-7-13(11-16(18)24(27)28)19(25)22-14-8-10-17(29-5)15(12-14)23-20(26)31-21(2,3)4/h7-12H,6H2,1-5H3,(H,22,25)(H,23,26). The third kappa shape index (κ3) is 6.59. The smallest absolute Gasteiger partial charge is 0.412 e. The second-order valence-electron chi connectivity index (χ2n) is 7.37. The van der Waals surface area contributed by atoms with E-state index < -0.39 is 22.5 Å². The molecule has 0 aliphatic rings. The highest BCUT2D eigenvalue weighted by atomic mass is 16.6. The molecule has 0 atom stereocenters. The zero-order valence-electron chi connectivity index (χ0n) is 18.0. The first-order valence-corrected chi connectivity index (χ1v) is 9.44. The van der Waals surface area contributed by atoms with Gasteiger partial charge in [0, 0.05) is 17.3 Å². The van der Waals surface area contributed by atoms with Crippen LogP contribution in [-0.2, 0) is 4.74 Å². The summed E-state index contributed by atoms with van der Waals surface area (Å²) in [7, 11) is 1.44. The highest BCUT2D eigenvalue weighted by molar-refractivity contribution is 6.05. The first-order chi connectivity index (χ1) is 14.5. The van der Waals surface area contributed by atoms with Crippen LogP contribution < -0.4 is 20.1 Å². The van der Waals surface area contributed by atoms with Gasteiger partial charge >= 0.3 is 11.8 Å². The van der Waals surface area contributed by atoms with Gasteiger partial charge in [-0.1, -0.05) is 0 Å². The van der Waals surface area contributed by atoms with Gasteiger partial charge in [-0.2, -0.15) is 0 Å². The number of nitro benzene ring substituents is 1. The molecule has 2 amide bonds. The highest BCUT2D eigenvalue weighted by Gasteiger charge is 2.20. The number of methoxy groups -OCH3 is 1. The Hall–Kier alpha value is -3.82. The van der Waals surface area contributed by atoms with Crippen molar-refractivity contribution in [1.29, 1.82) is 0 Å². The van der Waals surface area contributed by atoms with E-state index in [1.54, 1.807) is 39.8 Å². The van der Waals surface area contributed by atoms with Gasteiger partial charge in [-0.15, -0.1) is 0 Å². The number of anilines is 2. The van der Waals surface area contributed by atoms with Crippen molar-refractivity contribution in [3.8, 4) is 11.5 Å². The summed E-state index contributed by atoms with van der Waals surface area (Å²) >= 11 is 0. The first kappa shape index (κ1) is 23.5. The summed E-state index contributed by atoms with van der Waals surface area (Å²) in [5, 5.41) is 16.5. The van der Waals surface area contributed by atoms with E-state index in [9.17, 15) is 19.7 Å². The van der Waals surface area contributed by atoms with Crippen molar-refractivity contribution in [2.75, 3.05) is 24.4 Å². The van der Waals surface area contributed by atoms with Gasteiger partial charge in [0.05, 0.1) is 24.3 Å². The fourth-order valence-corrected chi connectivity index (χ4v) is 2.58. The van der Waals surface area contributed by atoms with Crippen molar-refractivity contribution < 1.29 is 28.7 Å². The molecule has 2 aromatic rings. The van der Waals surface area contributed by atoms with Crippen LogP contribution in [0.1, 0.15) is 38.1 Å². The number of benzene rings is 2. The van der Waals surface area contributed by atoms with Crippen LogP contribution in [-0.4, -0.2) is 36.2 Å². The summed E-state index contributed by atoms with van der Waals surface area (Å²) in [5.41, 5.74) is -0.296. The Kier molecular flexibility index (Phi) is 7.41. The van der Waals surface area contributed by atoms with Crippen molar-refractivity contribution in [2.24, 2.45) is 0 Å². The number of rotatable bonds is 7. The third-order valence-corrected chi connectivity index (χ3v) is 3.81. The van der Waals surface area contributed by atoms with E-state index >= 15 is 0 Å². The van der Waals surface area contributed by atoms with Gasteiger partial charge in [0.1, 0.15) is 11.4 Å². The van der Waals surface area contributed by atoms with Crippen LogP contribution >= 0.6 is 0 Å². The predicted octanol–water partition coefficient (Wildman–Crippen LogP) is 4.60. The molecule has 10 nitrogen and oxygen atoms in total. The molecule has 0 aliphatic carbocycles. The molecule has 0 aliphatic heterocycles. The summed E-state index contributed by atoms with van der Waals surface area (Å²) in [6.45, 7) is 7.16. The maximum Gasteiger partial charge on any atom is 0.412 e. The lowest BCUT2D eigenvalue weighted by Gasteiger charge is -2.20. The lowest BCUT2D eigenvalue weighted by atomic mass is 10.1. The number of hydrogen-bond donors (Lipinski definition) is 2. The largest absolute Gasteiger partial charge is 0.495 e. The number of nitro groups is 1. The van der Waals surface area contributed by atoms with E-state index in [0.717, 1.165) is 6.07 Å². The zero-order valence-corrected chi connectivity index (χ0v) is 18.0. The van der Waals surface area contributed by atoms with Crippen molar-refractivity contribution >= 4 is 29.1 Å². The number of nitrogens with zero attached hydrogens (tertiary/aromatic N) is 1. The molecule has 166 valence electrons. The SMILES string of the molecule is CCOc1ccc(C(=O)Nc2ccc(OC)c(NC(=O)OC(C)(C)C)c2)cc1[N+](=O)[O-]. The van der Waals surface area contributed by atoms with Crippen LogP contribution in [0.2, 0.25) is 0 Å². The number of hydrogen-bond acceptors (Lipinski definition) is 7. The quantitative estimate of drug-likeness (QED) is 0.484. The lowest BCUT2D eigenvalue weighted by molar-refractivity contribution is -0.385. The van der Waals surface area contributed by atoms with E-state index in [0.29, 0.717) is 11.4 Å². The van der Waals surface area contributed by atoms with Crippen molar-refractivity contribution in [1.82, 2.24) is 0 Å². The van der Waals surface area contributed by atoms with Crippen molar-refractivity contribution in [3.63, 3.8) is 0 Å². The number of nitrogens with one attached hydrogen (secondary N) is 2. The van der Waals surface area contributed by atoms with Crippen molar-refractivity contribution in [3.05, 3.63) is 52.1 Å². The molecule has 0 heterocycles. The number of amides is 2. The van der Waals surface area contributed by atoms with Gasteiger partial charge in [-0.25, -0.2) is 4.79 Å². The van der Waals surface area contributed by atoms with Crippen LogP contribution in [0.5, 0.6) is 11.5 Å².